The minimum Gasteiger partial charge on any atom is -0.456 e. The SMILES string of the molecule is CC(C)c1c(-c2ccc(F)cc2)n[nH]c1C(=O)OCc1ccccc1. The number of aromatic nitrogens is 2. The minimum absolute atomic E-state index is 0.0538. The molecule has 2 aromatic carbocycles. The van der Waals surface area contributed by atoms with Gasteiger partial charge in [-0.2, -0.15) is 5.10 Å². The molecular weight excluding hydrogens is 319 g/mol. The summed E-state index contributed by atoms with van der Waals surface area (Å²) in [5.41, 5.74) is 3.42. The van der Waals surface area contributed by atoms with Gasteiger partial charge in [0, 0.05) is 11.1 Å². The summed E-state index contributed by atoms with van der Waals surface area (Å²) in [6.45, 7) is 4.15. The van der Waals surface area contributed by atoms with Gasteiger partial charge >= 0.3 is 5.97 Å². The summed E-state index contributed by atoms with van der Waals surface area (Å²) >= 11 is 0. The number of carbonyl (C=O) groups is 1. The van der Waals surface area contributed by atoms with Gasteiger partial charge < -0.3 is 4.74 Å². The van der Waals surface area contributed by atoms with E-state index in [-0.39, 0.29) is 18.3 Å². The molecule has 128 valence electrons. The topological polar surface area (TPSA) is 55.0 Å². The Bertz CT molecular complexity index is 855. The van der Waals surface area contributed by atoms with Crippen molar-refractivity contribution in [3.05, 3.63) is 77.2 Å². The Morgan fingerprint density at radius 3 is 2.44 bits per heavy atom. The quantitative estimate of drug-likeness (QED) is 0.686. The molecule has 0 atom stereocenters. The highest BCUT2D eigenvalue weighted by molar-refractivity contribution is 5.91. The lowest BCUT2D eigenvalue weighted by Crippen LogP contribution is -2.09. The van der Waals surface area contributed by atoms with Crippen LogP contribution in [0.2, 0.25) is 0 Å². The first-order valence-electron chi connectivity index (χ1n) is 8.11. The molecule has 0 fully saturated rings. The number of ether oxygens (including phenoxy) is 1. The summed E-state index contributed by atoms with van der Waals surface area (Å²) in [7, 11) is 0. The molecule has 0 aliphatic carbocycles. The van der Waals surface area contributed by atoms with Gasteiger partial charge in [0.1, 0.15) is 18.1 Å². The average molecular weight is 338 g/mol. The summed E-state index contributed by atoms with van der Waals surface area (Å²) in [4.78, 5) is 12.5. The summed E-state index contributed by atoms with van der Waals surface area (Å²) in [6, 6.07) is 15.5. The van der Waals surface area contributed by atoms with Crippen LogP contribution in [-0.4, -0.2) is 16.2 Å². The van der Waals surface area contributed by atoms with Crippen LogP contribution < -0.4 is 0 Å². The van der Waals surface area contributed by atoms with Crippen molar-refractivity contribution in [2.24, 2.45) is 0 Å². The third-order valence-electron chi connectivity index (χ3n) is 3.92. The Labute approximate surface area is 145 Å². The first kappa shape index (κ1) is 16.9. The normalized spacial score (nSPS) is 10.9. The molecule has 3 aromatic rings. The van der Waals surface area contributed by atoms with Gasteiger partial charge in [-0.1, -0.05) is 44.2 Å². The zero-order valence-corrected chi connectivity index (χ0v) is 14.1. The second-order valence-electron chi connectivity index (χ2n) is 6.08. The highest BCUT2D eigenvalue weighted by atomic mass is 19.1. The molecule has 1 aromatic heterocycles. The summed E-state index contributed by atoms with van der Waals surface area (Å²) < 4.78 is 18.6. The second-order valence-corrected chi connectivity index (χ2v) is 6.08. The van der Waals surface area contributed by atoms with Crippen molar-refractivity contribution >= 4 is 5.97 Å². The molecule has 5 heteroatoms. The first-order valence-corrected chi connectivity index (χ1v) is 8.11. The van der Waals surface area contributed by atoms with Crippen molar-refractivity contribution in [2.75, 3.05) is 0 Å². The lowest BCUT2D eigenvalue weighted by Gasteiger charge is -2.10. The van der Waals surface area contributed by atoms with Gasteiger partial charge in [-0.25, -0.2) is 9.18 Å². The predicted molar refractivity (Wildman–Crippen MR) is 93.6 cm³/mol. The Kier molecular flexibility index (Phi) is 4.93. The predicted octanol–water partition coefficient (Wildman–Crippen LogP) is 4.70. The van der Waals surface area contributed by atoms with E-state index in [4.69, 9.17) is 4.74 Å². The first-order chi connectivity index (χ1) is 12.1. The Hall–Kier alpha value is -2.95. The van der Waals surface area contributed by atoms with Gasteiger partial charge in [0.15, 0.2) is 0 Å². The van der Waals surface area contributed by atoms with E-state index in [1.54, 1.807) is 12.1 Å². The second kappa shape index (κ2) is 7.30. The van der Waals surface area contributed by atoms with E-state index in [0.29, 0.717) is 11.4 Å². The van der Waals surface area contributed by atoms with Crippen LogP contribution >= 0.6 is 0 Å². The maximum absolute atomic E-state index is 13.2. The van der Waals surface area contributed by atoms with Gasteiger partial charge in [-0.05, 0) is 35.7 Å². The summed E-state index contributed by atoms with van der Waals surface area (Å²) in [5.74, 6) is -0.709. The largest absolute Gasteiger partial charge is 0.456 e. The van der Waals surface area contributed by atoms with Crippen LogP contribution in [0.5, 0.6) is 0 Å². The fraction of sp³-hybridized carbons (Fsp3) is 0.200. The summed E-state index contributed by atoms with van der Waals surface area (Å²) in [5, 5.41) is 7.05. The highest BCUT2D eigenvalue weighted by Crippen LogP contribution is 2.30. The molecule has 1 heterocycles. The fourth-order valence-electron chi connectivity index (χ4n) is 2.69. The van der Waals surface area contributed by atoms with Crippen LogP contribution in [0.3, 0.4) is 0 Å². The smallest absolute Gasteiger partial charge is 0.356 e. The molecule has 25 heavy (non-hydrogen) atoms. The van der Waals surface area contributed by atoms with Gasteiger partial charge in [0.25, 0.3) is 0 Å². The Balaban J connectivity index is 1.86. The van der Waals surface area contributed by atoms with E-state index in [9.17, 15) is 9.18 Å². The molecule has 0 amide bonds. The third-order valence-corrected chi connectivity index (χ3v) is 3.92. The van der Waals surface area contributed by atoms with Crippen LogP contribution in [0.25, 0.3) is 11.3 Å². The molecule has 0 spiro atoms. The number of hydrogen-bond donors (Lipinski definition) is 1. The molecular formula is C20H19FN2O2. The van der Waals surface area contributed by atoms with Crippen molar-refractivity contribution in [1.29, 1.82) is 0 Å². The van der Waals surface area contributed by atoms with Gasteiger partial charge in [-0.15, -0.1) is 0 Å². The van der Waals surface area contributed by atoms with Gasteiger partial charge in [0.05, 0.1) is 5.69 Å². The van der Waals surface area contributed by atoms with Crippen molar-refractivity contribution in [3.8, 4) is 11.3 Å². The molecule has 0 aliphatic heterocycles. The number of carbonyl (C=O) groups excluding carboxylic acids is 1. The van der Waals surface area contributed by atoms with Crippen molar-refractivity contribution < 1.29 is 13.9 Å². The van der Waals surface area contributed by atoms with E-state index in [0.717, 1.165) is 16.7 Å². The number of H-pyrrole nitrogens is 1. The Morgan fingerprint density at radius 1 is 1.12 bits per heavy atom. The number of rotatable bonds is 5. The minimum atomic E-state index is -0.451. The zero-order valence-electron chi connectivity index (χ0n) is 14.1. The zero-order chi connectivity index (χ0) is 17.8. The van der Waals surface area contributed by atoms with Gasteiger partial charge in [0.2, 0.25) is 0 Å². The van der Waals surface area contributed by atoms with Crippen LogP contribution in [-0.2, 0) is 11.3 Å². The molecule has 0 radical (unpaired) electrons. The molecule has 0 saturated heterocycles. The molecule has 4 nitrogen and oxygen atoms in total. The van der Waals surface area contributed by atoms with E-state index in [1.165, 1.54) is 12.1 Å². The van der Waals surface area contributed by atoms with Crippen molar-refractivity contribution in [3.63, 3.8) is 0 Å². The average Bonchev–Trinajstić information content (AvgIpc) is 3.06. The fourth-order valence-corrected chi connectivity index (χ4v) is 2.69. The molecule has 0 saturated carbocycles. The van der Waals surface area contributed by atoms with Crippen LogP contribution in [0.1, 0.15) is 41.4 Å². The maximum atomic E-state index is 13.2. The number of benzene rings is 2. The van der Waals surface area contributed by atoms with Crippen LogP contribution in [0.15, 0.2) is 54.6 Å². The summed E-state index contributed by atoms with van der Waals surface area (Å²) in [6.07, 6.45) is 0. The molecule has 0 unspecified atom stereocenters. The number of esters is 1. The number of halogens is 1. The molecule has 1 N–H and O–H groups in total. The van der Waals surface area contributed by atoms with Crippen molar-refractivity contribution in [2.45, 2.75) is 26.4 Å². The number of hydrogen-bond acceptors (Lipinski definition) is 3. The molecule has 0 bridgehead atoms. The van der Waals surface area contributed by atoms with E-state index in [2.05, 4.69) is 10.2 Å². The van der Waals surface area contributed by atoms with Crippen molar-refractivity contribution in [1.82, 2.24) is 10.2 Å². The number of nitrogens with one attached hydrogen (secondary N) is 1. The highest BCUT2D eigenvalue weighted by Gasteiger charge is 2.23. The van der Waals surface area contributed by atoms with E-state index >= 15 is 0 Å². The lowest BCUT2D eigenvalue weighted by atomic mass is 9.96. The maximum Gasteiger partial charge on any atom is 0.356 e. The van der Waals surface area contributed by atoms with E-state index in [1.807, 2.05) is 44.2 Å². The van der Waals surface area contributed by atoms with Crippen LogP contribution in [0.4, 0.5) is 4.39 Å². The molecule has 3 rings (SSSR count). The lowest BCUT2D eigenvalue weighted by molar-refractivity contribution is 0.0464. The van der Waals surface area contributed by atoms with E-state index < -0.39 is 5.97 Å². The monoisotopic (exact) mass is 338 g/mol. The number of nitrogens with zero attached hydrogens (tertiary/aromatic N) is 1. The Morgan fingerprint density at radius 2 is 1.80 bits per heavy atom. The third kappa shape index (κ3) is 3.76. The van der Waals surface area contributed by atoms with Crippen LogP contribution in [0, 0.1) is 5.82 Å². The molecule has 0 aliphatic rings. The van der Waals surface area contributed by atoms with Gasteiger partial charge in [-0.3, -0.25) is 5.10 Å². The number of aromatic amines is 1. The standard InChI is InChI=1S/C20H19FN2O2/c1-13(2)17-18(15-8-10-16(21)11-9-15)22-23-19(17)20(24)25-12-14-6-4-3-5-7-14/h3-11,13H,12H2,1-2H3,(H,22,23).